The van der Waals surface area contributed by atoms with E-state index in [1.807, 2.05) is 6.07 Å². The zero-order valence-corrected chi connectivity index (χ0v) is 10.7. The summed E-state index contributed by atoms with van der Waals surface area (Å²) in [6.45, 7) is 4.55. The second-order valence-electron chi connectivity index (χ2n) is 5.74. The van der Waals surface area contributed by atoms with E-state index in [-0.39, 0.29) is 0 Å². The molecule has 0 unspecified atom stereocenters. The predicted octanol–water partition coefficient (Wildman–Crippen LogP) is 2.95. The van der Waals surface area contributed by atoms with Crippen molar-refractivity contribution in [2.24, 2.45) is 5.92 Å². The minimum Gasteiger partial charge on any atom is -0.399 e. The first-order valence-corrected chi connectivity index (χ1v) is 6.82. The molecule has 0 atom stereocenters. The van der Waals surface area contributed by atoms with Crippen molar-refractivity contribution < 1.29 is 0 Å². The molecule has 0 aromatic heterocycles. The number of hydrogen-bond acceptors (Lipinski definition) is 2. The molecule has 3 rings (SSSR count). The fourth-order valence-electron chi connectivity index (χ4n) is 2.51. The third kappa shape index (κ3) is 2.63. The second kappa shape index (κ2) is 4.34. The highest BCUT2D eigenvalue weighted by Crippen LogP contribution is 2.36. The maximum Gasteiger partial charge on any atom is 0.0346 e. The molecule has 2 heteroatoms. The van der Waals surface area contributed by atoms with E-state index in [0.29, 0.717) is 0 Å². The van der Waals surface area contributed by atoms with Crippen LogP contribution in [-0.2, 0) is 6.54 Å². The van der Waals surface area contributed by atoms with Crippen molar-refractivity contribution in [2.75, 3.05) is 12.3 Å². The maximum atomic E-state index is 5.98. The summed E-state index contributed by atoms with van der Waals surface area (Å²) >= 11 is 0. The fourth-order valence-corrected chi connectivity index (χ4v) is 2.51. The Bertz CT molecular complexity index is 405. The topological polar surface area (TPSA) is 29.3 Å². The van der Waals surface area contributed by atoms with Crippen molar-refractivity contribution in [3.05, 3.63) is 29.3 Å². The van der Waals surface area contributed by atoms with E-state index in [4.69, 9.17) is 5.73 Å². The summed E-state index contributed by atoms with van der Waals surface area (Å²) in [6, 6.07) is 7.17. The van der Waals surface area contributed by atoms with Gasteiger partial charge in [-0.15, -0.1) is 0 Å². The Morgan fingerprint density at radius 2 is 2.00 bits per heavy atom. The van der Waals surface area contributed by atoms with Crippen LogP contribution in [0.25, 0.3) is 0 Å². The van der Waals surface area contributed by atoms with Gasteiger partial charge in [-0.25, -0.2) is 0 Å². The third-order valence-corrected chi connectivity index (χ3v) is 4.11. The lowest BCUT2D eigenvalue weighted by Gasteiger charge is -2.23. The minimum atomic E-state index is 0.858. The largest absolute Gasteiger partial charge is 0.399 e. The highest BCUT2D eigenvalue weighted by atomic mass is 15.2. The Morgan fingerprint density at radius 1 is 1.24 bits per heavy atom. The summed E-state index contributed by atoms with van der Waals surface area (Å²) < 4.78 is 0. The maximum absolute atomic E-state index is 5.98. The smallest absolute Gasteiger partial charge is 0.0346 e. The van der Waals surface area contributed by atoms with Crippen LogP contribution in [0.1, 0.15) is 36.8 Å². The summed E-state index contributed by atoms with van der Waals surface area (Å²) in [7, 11) is 0. The van der Waals surface area contributed by atoms with Crippen LogP contribution in [0.3, 0.4) is 0 Å². The number of nitrogens with zero attached hydrogens (tertiary/aromatic N) is 1. The first kappa shape index (κ1) is 11.1. The lowest BCUT2D eigenvalue weighted by Crippen LogP contribution is -2.28. The molecule has 2 N–H and O–H groups in total. The fraction of sp³-hybridized carbons (Fsp3) is 0.600. The molecule has 0 saturated heterocycles. The Kier molecular flexibility index (Phi) is 2.83. The molecule has 0 amide bonds. The van der Waals surface area contributed by atoms with Gasteiger partial charge >= 0.3 is 0 Å². The number of nitrogens with two attached hydrogens (primary N) is 1. The van der Waals surface area contributed by atoms with Gasteiger partial charge in [-0.3, -0.25) is 4.90 Å². The van der Waals surface area contributed by atoms with E-state index in [0.717, 1.165) is 24.2 Å². The number of rotatable bonds is 5. The van der Waals surface area contributed by atoms with Crippen LogP contribution in [0.4, 0.5) is 5.69 Å². The molecule has 0 radical (unpaired) electrons. The molecule has 2 fully saturated rings. The number of nitrogen functional groups attached to an aromatic ring is 1. The molecule has 1 aromatic carbocycles. The van der Waals surface area contributed by atoms with E-state index < -0.39 is 0 Å². The van der Waals surface area contributed by atoms with E-state index >= 15 is 0 Å². The average molecular weight is 230 g/mol. The summed E-state index contributed by atoms with van der Waals surface area (Å²) in [5.74, 6) is 0.983. The molecular weight excluding hydrogens is 208 g/mol. The van der Waals surface area contributed by atoms with Gasteiger partial charge in [-0.05, 0) is 55.7 Å². The van der Waals surface area contributed by atoms with Gasteiger partial charge in [0.05, 0.1) is 0 Å². The van der Waals surface area contributed by atoms with Crippen molar-refractivity contribution in [3.8, 4) is 0 Å². The van der Waals surface area contributed by atoms with Gasteiger partial charge in [0, 0.05) is 24.8 Å². The molecule has 0 heterocycles. The normalized spacial score (nSPS) is 19.9. The van der Waals surface area contributed by atoms with Gasteiger partial charge < -0.3 is 5.73 Å². The quantitative estimate of drug-likeness (QED) is 0.788. The van der Waals surface area contributed by atoms with Crippen LogP contribution >= 0.6 is 0 Å². The lowest BCUT2D eigenvalue weighted by molar-refractivity contribution is 0.243. The minimum absolute atomic E-state index is 0.858. The first-order valence-electron chi connectivity index (χ1n) is 6.82. The van der Waals surface area contributed by atoms with Crippen LogP contribution in [0, 0.1) is 12.8 Å². The van der Waals surface area contributed by atoms with Gasteiger partial charge in [-0.2, -0.15) is 0 Å². The standard InChI is InChI=1S/C15H22N2/c1-11-13(3-2-4-15(11)16)10-17(14-7-8-14)9-12-5-6-12/h2-4,12,14H,5-10,16H2,1H3. The van der Waals surface area contributed by atoms with Gasteiger partial charge in [0.15, 0.2) is 0 Å². The van der Waals surface area contributed by atoms with Crippen molar-refractivity contribution in [2.45, 2.75) is 45.2 Å². The van der Waals surface area contributed by atoms with Crippen molar-refractivity contribution in [3.63, 3.8) is 0 Å². The van der Waals surface area contributed by atoms with Gasteiger partial charge in [0.1, 0.15) is 0 Å². The Balaban J connectivity index is 1.71. The molecule has 2 aliphatic carbocycles. The first-order chi connectivity index (χ1) is 8.24. The van der Waals surface area contributed by atoms with E-state index in [9.17, 15) is 0 Å². The average Bonchev–Trinajstić information content (AvgIpc) is 3.15. The zero-order valence-electron chi connectivity index (χ0n) is 10.7. The SMILES string of the molecule is Cc1c(N)cccc1CN(CC1CC1)C1CC1. The lowest BCUT2D eigenvalue weighted by atomic mass is 10.1. The molecule has 2 aliphatic rings. The summed E-state index contributed by atoms with van der Waals surface area (Å²) in [5.41, 5.74) is 9.60. The molecule has 17 heavy (non-hydrogen) atoms. The van der Waals surface area contributed by atoms with Gasteiger partial charge in [0.25, 0.3) is 0 Å². The Hall–Kier alpha value is -1.02. The monoisotopic (exact) mass is 230 g/mol. The Morgan fingerprint density at radius 3 is 2.65 bits per heavy atom. The Labute approximate surface area is 104 Å². The van der Waals surface area contributed by atoms with Gasteiger partial charge in [-0.1, -0.05) is 12.1 Å². The van der Waals surface area contributed by atoms with Crippen LogP contribution in [0.2, 0.25) is 0 Å². The molecule has 0 bridgehead atoms. The molecule has 0 spiro atoms. The molecule has 1 aromatic rings. The number of benzene rings is 1. The number of hydrogen-bond donors (Lipinski definition) is 1. The highest BCUT2D eigenvalue weighted by Gasteiger charge is 2.33. The predicted molar refractivity (Wildman–Crippen MR) is 71.7 cm³/mol. The van der Waals surface area contributed by atoms with E-state index in [1.54, 1.807) is 0 Å². The molecule has 2 saturated carbocycles. The summed E-state index contributed by atoms with van der Waals surface area (Å²) in [5, 5.41) is 0. The van der Waals surface area contributed by atoms with Crippen LogP contribution in [0.5, 0.6) is 0 Å². The molecular formula is C15H22N2. The zero-order chi connectivity index (χ0) is 11.8. The van der Waals surface area contributed by atoms with E-state index in [2.05, 4.69) is 24.0 Å². The third-order valence-electron chi connectivity index (χ3n) is 4.11. The molecule has 2 nitrogen and oxygen atoms in total. The summed E-state index contributed by atoms with van der Waals surface area (Å²) in [4.78, 5) is 2.68. The molecule has 0 aliphatic heterocycles. The van der Waals surface area contributed by atoms with Crippen LogP contribution in [0.15, 0.2) is 18.2 Å². The summed E-state index contributed by atoms with van der Waals surface area (Å²) in [6.07, 6.45) is 5.68. The van der Waals surface area contributed by atoms with E-state index in [1.165, 1.54) is 43.4 Å². The second-order valence-corrected chi connectivity index (χ2v) is 5.74. The van der Waals surface area contributed by atoms with Crippen LogP contribution in [-0.4, -0.2) is 17.5 Å². The van der Waals surface area contributed by atoms with Crippen molar-refractivity contribution >= 4 is 5.69 Å². The van der Waals surface area contributed by atoms with Crippen LogP contribution < -0.4 is 5.73 Å². The van der Waals surface area contributed by atoms with Crippen molar-refractivity contribution in [1.82, 2.24) is 4.90 Å². The molecule has 92 valence electrons. The number of anilines is 1. The van der Waals surface area contributed by atoms with Crippen molar-refractivity contribution in [1.29, 1.82) is 0 Å². The van der Waals surface area contributed by atoms with Gasteiger partial charge in [0.2, 0.25) is 0 Å². The highest BCUT2D eigenvalue weighted by molar-refractivity contribution is 5.49.